The molecule has 2 N–H and O–H groups in total. The third kappa shape index (κ3) is 9.59. The van der Waals surface area contributed by atoms with Gasteiger partial charge in [-0.25, -0.2) is 4.79 Å². The van der Waals surface area contributed by atoms with Gasteiger partial charge in [0.2, 0.25) is 0 Å². The molecule has 0 heterocycles. The normalized spacial score (nSPS) is 11.6. The standard InChI is InChI=1S/C40H39ClN2O6S/c1-27-25-34(41)17-22-37(27)31-13-20-36(21-14-31)49-39(45)43(26-28-5-7-32(8-6-28)38(44)42-23-24-50(46,47)48)35-18-11-30(12-19-35)29-9-15-33(16-10-29)40(2,3)4/h5-22,25H,23-24,26H2,1-4H3,(H,42,44)(H,46,47,48). The van der Waals surface area contributed by atoms with Crippen molar-refractivity contribution in [3.05, 3.63) is 143 Å². The highest BCUT2D eigenvalue weighted by Crippen LogP contribution is 2.30. The van der Waals surface area contributed by atoms with Gasteiger partial charge in [0.05, 0.1) is 12.3 Å². The van der Waals surface area contributed by atoms with Crippen LogP contribution in [0.15, 0.2) is 115 Å². The summed E-state index contributed by atoms with van der Waals surface area (Å²) in [6, 6.07) is 35.7. The number of nitrogens with one attached hydrogen (secondary N) is 1. The van der Waals surface area contributed by atoms with E-state index in [4.69, 9.17) is 20.9 Å². The second-order valence-electron chi connectivity index (χ2n) is 13.1. The smallest absolute Gasteiger partial charge is 0.410 e. The number of carbonyl (C=O) groups excluding carboxylic acids is 2. The lowest BCUT2D eigenvalue weighted by Gasteiger charge is -2.23. The molecule has 0 aliphatic heterocycles. The molecule has 50 heavy (non-hydrogen) atoms. The summed E-state index contributed by atoms with van der Waals surface area (Å²) in [7, 11) is -4.19. The van der Waals surface area contributed by atoms with Crippen LogP contribution in [-0.4, -0.2) is 37.3 Å². The average molecular weight is 711 g/mol. The first-order chi connectivity index (χ1) is 23.7. The van der Waals surface area contributed by atoms with Gasteiger partial charge in [-0.15, -0.1) is 0 Å². The van der Waals surface area contributed by atoms with E-state index in [1.807, 2.05) is 61.5 Å². The molecular weight excluding hydrogens is 672 g/mol. The van der Waals surface area contributed by atoms with Crippen LogP contribution >= 0.6 is 11.6 Å². The molecule has 0 bridgehead atoms. The zero-order valence-corrected chi connectivity index (χ0v) is 29.9. The Kier molecular flexibility index (Phi) is 11.1. The Bertz CT molecular complexity index is 2070. The van der Waals surface area contributed by atoms with Gasteiger partial charge in [-0.3, -0.25) is 14.2 Å². The number of nitrogens with zero attached hydrogens (tertiary/aromatic N) is 1. The number of benzene rings is 5. The van der Waals surface area contributed by atoms with Gasteiger partial charge in [0.1, 0.15) is 5.75 Å². The number of hydrogen-bond acceptors (Lipinski definition) is 5. The highest BCUT2D eigenvalue weighted by Gasteiger charge is 2.20. The maximum Gasteiger partial charge on any atom is 0.420 e. The molecule has 0 radical (unpaired) electrons. The summed E-state index contributed by atoms with van der Waals surface area (Å²) in [5.41, 5.74) is 8.01. The second kappa shape index (κ2) is 15.3. The van der Waals surface area contributed by atoms with Crippen LogP contribution in [0.4, 0.5) is 10.5 Å². The van der Waals surface area contributed by atoms with Crippen molar-refractivity contribution in [2.75, 3.05) is 17.2 Å². The summed E-state index contributed by atoms with van der Waals surface area (Å²) in [6.45, 7) is 8.43. The third-order valence-electron chi connectivity index (χ3n) is 8.24. The number of ether oxygens (including phenoxy) is 1. The number of halogens is 1. The first-order valence-electron chi connectivity index (χ1n) is 16.1. The Labute approximate surface area is 298 Å². The topological polar surface area (TPSA) is 113 Å². The quantitative estimate of drug-likeness (QED) is 0.140. The molecule has 5 rings (SSSR count). The molecule has 0 saturated heterocycles. The monoisotopic (exact) mass is 710 g/mol. The van der Waals surface area contributed by atoms with Gasteiger partial charge in [-0.1, -0.05) is 99.1 Å². The van der Waals surface area contributed by atoms with Crippen molar-refractivity contribution in [2.45, 2.75) is 39.7 Å². The lowest BCUT2D eigenvalue weighted by atomic mass is 9.86. The minimum Gasteiger partial charge on any atom is -0.410 e. The van der Waals surface area contributed by atoms with Crippen molar-refractivity contribution in [1.82, 2.24) is 5.32 Å². The van der Waals surface area contributed by atoms with Crippen molar-refractivity contribution in [3.8, 4) is 28.0 Å². The molecule has 5 aromatic rings. The number of hydrogen-bond donors (Lipinski definition) is 2. The van der Waals surface area contributed by atoms with Gasteiger partial charge in [0.15, 0.2) is 0 Å². The molecule has 0 aliphatic rings. The van der Waals surface area contributed by atoms with Gasteiger partial charge in [-0.05, 0) is 99.8 Å². The van der Waals surface area contributed by atoms with E-state index in [9.17, 15) is 18.0 Å². The van der Waals surface area contributed by atoms with E-state index in [1.54, 1.807) is 36.4 Å². The lowest BCUT2D eigenvalue weighted by Crippen LogP contribution is -2.33. The summed E-state index contributed by atoms with van der Waals surface area (Å²) in [6.07, 6.45) is -0.588. The molecule has 10 heteroatoms. The SMILES string of the molecule is Cc1cc(Cl)ccc1-c1ccc(OC(=O)N(Cc2ccc(C(=O)NCCS(=O)(=O)O)cc2)c2ccc(-c3ccc(C(C)(C)C)cc3)cc2)cc1. The molecule has 0 spiro atoms. The molecule has 8 nitrogen and oxygen atoms in total. The Morgan fingerprint density at radius 3 is 1.94 bits per heavy atom. The number of carbonyl (C=O) groups is 2. The van der Waals surface area contributed by atoms with Crippen LogP contribution in [0, 0.1) is 6.92 Å². The van der Waals surface area contributed by atoms with Crippen LogP contribution in [0.25, 0.3) is 22.3 Å². The zero-order chi connectivity index (χ0) is 36.1. The highest BCUT2D eigenvalue weighted by atomic mass is 35.5. The highest BCUT2D eigenvalue weighted by molar-refractivity contribution is 7.85. The largest absolute Gasteiger partial charge is 0.420 e. The molecular formula is C40H39ClN2O6S. The third-order valence-corrected chi connectivity index (χ3v) is 9.20. The second-order valence-corrected chi connectivity index (χ2v) is 15.1. The van der Waals surface area contributed by atoms with Crippen LogP contribution in [0.1, 0.15) is 47.8 Å². The predicted octanol–water partition coefficient (Wildman–Crippen LogP) is 9.10. The molecule has 0 unspecified atom stereocenters. The van der Waals surface area contributed by atoms with E-state index in [0.717, 1.165) is 33.4 Å². The summed E-state index contributed by atoms with van der Waals surface area (Å²) in [4.78, 5) is 27.8. The Morgan fingerprint density at radius 1 is 0.800 bits per heavy atom. The first-order valence-corrected chi connectivity index (χ1v) is 18.0. The summed E-state index contributed by atoms with van der Waals surface area (Å²) in [5, 5.41) is 3.13. The Balaban J connectivity index is 1.37. The molecule has 5 aromatic carbocycles. The maximum absolute atomic E-state index is 13.8. The number of amides is 2. The van der Waals surface area contributed by atoms with Crippen molar-refractivity contribution in [3.63, 3.8) is 0 Å². The van der Waals surface area contributed by atoms with E-state index in [1.165, 1.54) is 10.5 Å². The van der Waals surface area contributed by atoms with Crippen molar-refractivity contribution < 1.29 is 27.3 Å². The molecule has 0 aliphatic carbocycles. The maximum atomic E-state index is 13.8. The lowest BCUT2D eigenvalue weighted by molar-refractivity contribution is 0.0956. The Morgan fingerprint density at radius 2 is 1.38 bits per heavy atom. The van der Waals surface area contributed by atoms with E-state index in [2.05, 4.69) is 50.4 Å². The van der Waals surface area contributed by atoms with E-state index in [-0.39, 0.29) is 18.5 Å². The minimum atomic E-state index is -4.19. The van der Waals surface area contributed by atoms with Crippen LogP contribution in [0.5, 0.6) is 5.75 Å². The Hall–Kier alpha value is -4.96. The van der Waals surface area contributed by atoms with E-state index in [0.29, 0.717) is 22.0 Å². The molecule has 258 valence electrons. The van der Waals surface area contributed by atoms with Crippen LogP contribution in [0.2, 0.25) is 5.02 Å². The fraction of sp³-hybridized carbons (Fsp3) is 0.200. The first kappa shape index (κ1) is 36.3. The van der Waals surface area contributed by atoms with E-state index >= 15 is 0 Å². The van der Waals surface area contributed by atoms with Crippen LogP contribution in [-0.2, 0) is 22.1 Å². The zero-order valence-electron chi connectivity index (χ0n) is 28.3. The fourth-order valence-electron chi connectivity index (χ4n) is 5.41. The van der Waals surface area contributed by atoms with Crippen molar-refractivity contribution >= 4 is 39.4 Å². The van der Waals surface area contributed by atoms with Gasteiger partial charge < -0.3 is 10.1 Å². The summed E-state index contributed by atoms with van der Waals surface area (Å²) < 4.78 is 36.7. The molecule has 0 atom stereocenters. The number of anilines is 1. The number of rotatable bonds is 10. The summed E-state index contributed by atoms with van der Waals surface area (Å²) in [5.74, 6) is -0.694. The molecule has 0 aromatic heterocycles. The van der Waals surface area contributed by atoms with Crippen LogP contribution in [0.3, 0.4) is 0 Å². The van der Waals surface area contributed by atoms with Gasteiger partial charge in [0.25, 0.3) is 16.0 Å². The van der Waals surface area contributed by atoms with Gasteiger partial charge in [-0.2, -0.15) is 8.42 Å². The van der Waals surface area contributed by atoms with Crippen molar-refractivity contribution in [1.29, 1.82) is 0 Å². The molecule has 0 fully saturated rings. The van der Waals surface area contributed by atoms with Crippen LogP contribution < -0.4 is 15.0 Å². The molecule has 2 amide bonds. The van der Waals surface area contributed by atoms with Gasteiger partial charge in [0, 0.05) is 22.8 Å². The molecule has 0 saturated carbocycles. The van der Waals surface area contributed by atoms with Gasteiger partial charge >= 0.3 is 6.09 Å². The van der Waals surface area contributed by atoms with E-state index < -0.39 is 27.9 Å². The predicted molar refractivity (Wildman–Crippen MR) is 200 cm³/mol. The number of aryl methyl sites for hydroxylation is 1. The van der Waals surface area contributed by atoms with Crippen molar-refractivity contribution in [2.24, 2.45) is 0 Å². The minimum absolute atomic E-state index is 0.0451. The summed E-state index contributed by atoms with van der Waals surface area (Å²) >= 11 is 6.13. The average Bonchev–Trinajstić information content (AvgIpc) is 3.07. The fourth-order valence-corrected chi connectivity index (χ4v) is 5.99.